The summed E-state index contributed by atoms with van der Waals surface area (Å²) in [5.41, 5.74) is 0.927. The number of anilines is 1. The van der Waals surface area contributed by atoms with E-state index in [1.165, 1.54) is 0 Å². The molecule has 2 rings (SSSR count). The van der Waals surface area contributed by atoms with Crippen molar-refractivity contribution in [2.24, 2.45) is 5.92 Å². The van der Waals surface area contributed by atoms with Gasteiger partial charge in [-0.05, 0) is 39.5 Å². The van der Waals surface area contributed by atoms with E-state index in [4.69, 9.17) is 16.3 Å². The Balaban J connectivity index is 2.03. The van der Waals surface area contributed by atoms with E-state index in [1.54, 1.807) is 0 Å². The highest BCUT2D eigenvalue weighted by molar-refractivity contribution is 6.21. The number of hydrogen-bond donors (Lipinski definition) is 0. The highest BCUT2D eigenvalue weighted by atomic mass is 35.5. The quantitative estimate of drug-likeness (QED) is 0.779. The minimum Gasteiger partial charge on any atom is -0.475 e. The average Bonchev–Trinajstić information content (AvgIpc) is 2.25. The van der Waals surface area contributed by atoms with Gasteiger partial charge in [0.05, 0.1) is 6.10 Å². The summed E-state index contributed by atoms with van der Waals surface area (Å²) < 4.78 is 5.65. The van der Waals surface area contributed by atoms with Gasteiger partial charge in [0.25, 0.3) is 0 Å². The number of ether oxygens (including phenoxy) is 1. The van der Waals surface area contributed by atoms with Crippen LogP contribution in [0.25, 0.3) is 0 Å². The van der Waals surface area contributed by atoms with Gasteiger partial charge in [0.2, 0.25) is 11.8 Å². The van der Waals surface area contributed by atoms with E-state index < -0.39 is 0 Å². The van der Waals surface area contributed by atoms with E-state index in [2.05, 4.69) is 14.9 Å². The van der Waals surface area contributed by atoms with Gasteiger partial charge in [-0.25, -0.2) is 4.98 Å². The molecule has 0 aromatic carbocycles. The third-order valence-electron chi connectivity index (χ3n) is 3.23. The van der Waals surface area contributed by atoms with Crippen molar-refractivity contribution in [3.63, 3.8) is 0 Å². The van der Waals surface area contributed by atoms with Crippen LogP contribution >= 0.6 is 11.6 Å². The fourth-order valence-corrected chi connectivity index (χ4v) is 2.77. The summed E-state index contributed by atoms with van der Waals surface area (Å²) in [6.45, 7) is 6.91. The number of alkyl halides is 1. The maximum atomic E-state index is 6.01. The first-order valence-electron chi connectivity index (χ1n) is 6.81. The van der Waals surface area contributed by atoms with Crippen LogP contribution in [0, 0.1) is 12.8 Å². The normalized spacial score (nSPS) is 22.2. The molecule has 1 heterocycles. The predicted molar refractivity (Wildman–Crippen MR) is 78.2 cm³/mol. The van der Waals surface area contributed by atoms with Crippen molar-refractivity contribution in [2.75, 3.05) is 18.5 Å². The summed E-state index contributed by atoms with van der Waals surface area (Å²) >= 11 is 6.01. The van der Waals surface area contributed by atoms with Crippen molar-refractivity contribution in [3.8, 4) is 5.88 Å². The van der Waals surface area contributed by atoms with Gasteiger partial charge in [0.15, 0.2) is 0 Å². The van der Waals surface area contributed by atoms with Gasteiger partial charge >= 0.3 is 0 Å². The molecule has 1 fully saturated rings. The summed E-state index contributed by atoms with van der Waals surface area (Å²) in [6, 6.07) is 1.87. The first-order valence-corrected chi connectivity index (χ1v) is 7.25. The zero-order chi connectivity index (χ0) is 14.0. The standard InChI is InChI=1S/C14H22ClN3O/c1-9(2)19-13-5-10(3)16-14(17-13)18(4)8-11-6-12(15)7-11/h5,9,11-12H,6-8H2,1-4H3. The summed E-state index contributed by atoms with van der Waals surface area (Å²) in [5.74, 6) is 2.04. The van der Waals surface area contributed by atoms with E-state index in [0.717, 1.165) is 31.0 Å². The largest absolute Gasteiger partial charge is 0.475 e. The van der Waals surface area contributed by atoms with Crippen LogP contribution in [-0.4, -0.2) is 35.0 Å². The molecule has 5 heteroatoms. The van der Waals surface area contributed by atoms with Crippen LogP contribution in [0.5, 0.6) is 5.88 Å². The lowest BCUT2D eigenvalue weighted by Gasteiger charge is -2.34. The minimum absolute atomic E-state index is 0.121. The van der Waals surface area contributed by atoms with Crippen LogP contribution in [-0.2, 0) is 0 Å². The second-order valence-electron chi connectivity index (χ2n) is 5.63. The zero-order valence-electron chi connectivity index (χ0n) is 12.1. The zero-order valence-corrected chi connectivity index (χ0v) is 12.8. The number of aromatic nitrogens is 2. The minimum atomic E-state index is 0.121. The topological polar surface area (TPSA) is 38.2 Å². The van der Waals surface area contributed by atoms with Crippen LogP contribution in [0.1, 0.15) is 32.4 Å². The first-order chi connectivity index (χ1) is 8.94. The van der Waals surface area contributed by atoms with E-state index in [0.29, 0.717) is 17.2 Å². The predicted octanol–water partition coefficient (Wildman–Crippen LogP) is 3.03. The summed E-state index contributed by atoms with van der Waals surface area (Å²) in [7, 11) is 2.02. The maximum Gasteiger partial charge on any atom is 0.228 e. The molecule has 0 bridgehead atoms. The Kier molecular flexibility index (Phi) is 4.50. The van der Waals surface area contributed by atoms with Gasteiger partial charge < -0.3 is 9.64 Å². The Hall–Kier alpha value is -1.03. The second-order valence-corrected chi connectivity index (χ2v) is 6.25. The Morgan fingerprint density at radius 2 is 2.11 bits per heavy atom. The molecular formula is C14H22ClN3O. The van der Waals surface area contributed by atoms with Gasteiger partial charge in [-0.3, -0.25) is 0 Å². The van der Waals surface area contributed by atoms with Gasteiger partial charge in [-0.15, -0.1) is 11.6 Å². The molecular weight excluding hydrogens is 262 g/mol. The Morgan fingerprint density at radius 3 is 2.68 bits per heavy atom. The van der Waals surface area contributed by atoms with Gasteiger partial charge in [-0.1, -0.05) is 0 Å². The molecule has 0 amide bonds. The van der Waals surface area contributed by atoms with Crippen molar-refractivity contribution in [1.29, 1.82) is 0 Å². The maximum absolute atomic E-state index is 6.01. The molecule has 4 nitrogen and oxygen atoms in total. The van der Waals surface area contributed by atoms with Gasteiger partial charge in [0.1, 0.15) is 0 Å². The summed E-state index contributed by atoms with van der Waals surface area (Å²) in [6.07, 6.45) is 2.30. The molecule has 1 aliphatic rings. The smallest absolute Gasteiger partial charge is 0.228 e. The molecule has 1 aliphatic carbocycles. The molecule has 0 radical (unpaired) electrons. The lowest BCUT2D eigenvalue weighted by Crippen LogP contribution is -2.35. The molecule has 0 spiro atoms. The van der Waals surface area contributed by atoms with Crippen LogP contribution in [0.2, 0.25) is 0 Å². The first kappa shape index (κ1) is 14.4. The van der Waals surface area contributed by atoms with Crippen molar-refractivity contribution < 1.29 is 4.74 Å². The van der Waals surface area contributed by atoms with Crippen LogP contribution in [0.15, 0.2) is 6.07 Å². The van der Waals surface area contributed by atoms with Crippen molar-refractivity contribution >= 4 is 17.5 Å². The number of hydrogen-bond acceptors (Lipinski definition) is 4. The van der Waals surface area contributed by atoms with E-state index in [1.807, 2.05) is 33.9 Å². The van der Waals surface area contributed by atoms with E-state index >= 15 is 0 Å². The molecule has 0 atom stereocenters. The molecule has 0 aliphatic heterocycles. The molecule has 0 N–H and O–H groups in total. The highest BCUT2D eigenvalue weighted by Crippen LogP contribution is 2.32. The lowest BCUT2D eigenvalue weighted by molar-refractivity contribution is 0.232. The molecule has 1 aromatic heterocycles. The van der Waals surface area contributed by atoms with Crippen LogP contribution in [0.3, 0.4) is 0 Å². The van der Waals surface area contributed by atoms with Crippen molar-refractivity contribution in [3.05, 3.63) is 11.8 Å². The van der Waals surface area contributed by atoms with Gasteiger partial charge in [0, 0.05) is 30.7 Å². The van der Waals surface area contributed by atoms with Crippen molar-refractivity contribution in [2.45, 2.75) is 45.1 Å². The van der Waals surface area contributed by atoms with E-state index in [9.17, 15) is 0 Å². The van der Waals surface area contributed by atoms with Crippen molar-refractivity contribution in [1.82, 2.24) is 9.97 Å². The molecule has 1 saturated carbocycles. The average molecular weight is 284 g/mol. The Morgan fingerprint density at radius 1 is 1.42 bits per heavy atom. The molecule has 19 heavy (non-hydrogen) atoms. The van der Waals surface area contributed by atoms with Gasteiger partial charge in [-0.2, -0.15) is 4.98 Å². The fraction of sp³-hybridized carbons (Fsp3) is 0.714. The fourth-order valence-electron chi connectivity index (χ4n) is 2.27. The number of rotatable bonds is 5. The lowest BCUT2D eigenvalue weighted by atomic mass is 9.84. The molecule has 0 unspecified atom stereocenters. The van der Waals surface area contributed by atoms with Crippen LogP contribution in [0.4, 0.5) is 5.95 Å². The van der Waals surface area contributed by atoms with E-state index in [-0.39, 0.29) is 6.10 Å². The third kappa shape index (κ3) is 3.96. The summed E-state index contributed by atoms with van der Waals surface area (Å²) in [5, 5.41) is 0.358. The third-order valence-corrected chi connectivity index (χ3v) is 3.58. The molecule has 106 valence electrons. The SMILES string of the molecule is Cc1cc(OC(C)C)nc(N(C)CC2CC(Cl)C2)n1. The number of aryl methyl sites for hydroxylation is 1. The second kappa shape index (κ2) is 5.95. The highest BCUT2D eigenvalue weighted by Gasteiger charge is 2.28. The molecule has 1 aromatic rings. The summed E-state index contributed by atoms with van der Waals surface area (Å²) in [4.78, 5) is 11.0. The molecule has 0 saturated heterocycles. The van der Waals surface area contributed by atoms with Crippen LogP contribution < -0.4 is 9.64 Å². The number of halogens is 1. The number of nitrogens with zero attached hydrogens (tertiary/aromatic N) is 3. The Labute approximate surface area is 120 Å². The monoisotopic (exact) mass is 283 g/mol. The Bertz CT molecular complexity index is 433.